The van der Waals surface area contributed by atoms with E-state index in [1.807, 2.05) is 18.2 Å². The molecule has 1 rings (SSSR count). The molecule has 0 aliphatic carbocycles. The number of methoxy groups -OCH3 is 2. The van der Waals surface area contributed by atoms with Gasteiger partial charge in [-0.3, -0.25) is 4.79 Å². The standard InChI is InChI=1S/C17H27NO4/c1-12(10-14(11-18)17(19)20)6-4-7-13-8-5-9-15(21-2)16(13)22-3/h5,8-9,12,14H,4,6-7,10-11,18H2,1-3H3,(H,19,20). The minimum absolute atomic E-state index is 0.198. The number of aryl methyl sites for hydroxylation is 1. The highest BCUT2D eigenvalue weighted by Gasteiger charge is 2.18. The number of carboxylic acids is 1. The summed E-state index contributed by atoms with van der Waals surface area (Å²) in [5, 5.41) is 9.04. The molecule has 22 heavy (non-hydrogen) atoms. The number of rotatable bonds is 10. The van der Waals surface area contributed by atoms with E-state index in [1.54, 1.807) is 14.2 Å². The molecule has 0 aliphatic rings. The molecule has 0 fully saturated rings. The van der Waals surface area contributed by atoms with Crippen LogP contribution in [-0.4, -0.2) is 31.8 Å². The molecule has 2 unspecified atom stereocenters. The number of carbonyl (C=O) groups is 1. The molecule has 0 spiro atoms. The van der Waals surface area contributed by atoms with Gasteiger partial charge in [-0.2, -0.15) is 0 Å². The fourth-order valence-corrected chi connectivity index (χ4v) is 2.69. The molecule has 0 heterocycles. The smallest absolute Gasteiger partial charge is 0.307 e. The van der Waals surface area contributed by atoms with Crippen molar-refractivity contribution in [2.45, 2.75) is 32.6 Å². The van der Waals surface area contributed by atoms with Crippen LogP contribution in [0.3, 0.4) is 0 Å². The Balaban J connectivity index is 2.52. The maximum atomic E-state index is 11.0. The Hall–Kier alpha value is -1.75. The topological polar surface area (TPSA) is 81.8 Å². The predicted octanol–water partition coefficient (Wildman–Crippen LogP) is 2.71. The number of carboxylic acid groups (broad SMARTS) is 1. The molecule has 0 saturated heterocycles. The van der Waals surface area contributed by atoms with E-state index in [1.165, 1.54) is 0 Å². The van der Waals surface area contributed by atoms with E-state index >= 15 is 0 Å². The Morgan fingerprint density at radius 3 is 2.59 bits per heavy atom. The van der Waals surface area contributed by atoms with E-state index < -0.39 is 11.9 Å². The SMILES string of the molecule is COc1cccc(CCCC(C)CC(CN)C(=O)O)c1OC. The second-order valence-electron chi connectivity index (χ2n) is 5.66. The third-order valence-electron chi connectivity index (χ3n) is 3.95. The molecule has 2 atom stereocenters. The first kappa shape index (κ1) is 18.3. The summed E-state index contributed by atoms with van der Waals surface area (Å²) in [6.07, 6.45) is 3.44. The second-order valence-corrected chi connectivity index (χ2v) is 5.66. The Bertz CT molecular complexity index is 476. The third kappa shape index (κ3) is 5.22. The number of para-hydroxylation sites is 1. The Kier molecular flexibility index (Phi) is 7.74. The van der Waals surface area contributed by atoms with Crippen LogP contribution in [0.15, 0.2) is 18.2 Å². The van der Waals surface area contributed by atoms with Crippen LogP contribution in [0.4, 0.5) is 0 Å². The molecular weight excluding hydrogens is 282 g/mol. The third-order valence-corrected chi connectivity index (χ3v) is 3.95. The maximum absolute atomic E-state index is 11.0. The van der Waals surface area contributed by atoms with Gasteiger partial charge in [-0.15, -0.1) is 0 Å². The maximum Gasteiger partial charge on any atom is 0.307 e. The van der Waals surface area contributed by atoms with E-state index in [4.69, 9.17) is 20.3 Å². The molecule has 5 heteroatoms. The molecule has 124 valence electrons. The van der Waals surface area contributed by atoms with Gasteiger partial charge in [0, 0.05) is 6.54 Å². The lowest BCUT2D eigenvalue weighted by Crippen LogP contribution is -2.25. The average molecular weight is 309 g/mol. The average Bonchev–Trinajstić information content (AvgIpc) is 2.51. The van der Waals surface area contributed by atoms with E-state index in [9.17, 15) is 4.79 Å². The summed E-state index contributed by atoms with van der Waals surface area (Å²) in [6.45, 7) is 2.28. The second kappa shape index (κ2) is 9.30. The summed E-state index contributed by atoms with van der Waals surface area (Å²) >= 11 is 0. The number of hydrogen-bond donors (Lipinski definition) is 2. The van der Waals surface area contributed by atoms with Crippen molar-refractivity contribution in [1.82, 2.24) is 0 Å². The highest BCUT2D eigenvalue weighted by molar-refractivity contribution is 5.70. The molecule has 0 radical (unpaired) electrons. The predicted molar refractivity (Wildman–Crippen MR) is 86.4 cm³/mol. The molecular formula is C17H27NO4. The van der Waals surface area contributed by atoms with Gasteiger partial charge in [-0.1, -0.05) is 25.5 Å². The minimum atomic E-state index is -0.802. The number of aliphatic carboxylic acids is 1. The first-order valence-corrected chi connectivity index (χ1v) is 7.66. The molecule has 0 bridgehead atoms. The van der Waals surface area contributed by atoms with Crippen molar-refractivity contribution in [3.05, 3.63) is 23.8 Å². The summed E-state index contributed by atoms with van der Waals surface area (Å²) in [5.41, 5.74) is 6.61. The molecule has 0 aliphatic heterocycles. The van der Waals surface area contributed by atoms with E-state index in [2.05, 4.69) is 6.92 Å². The van der Waals surface area contributed by atoms with Crippen molar-refractivity contribution in [2.24, 2.45) is 17.6 Å². The van der Waals surface area contributed by atoms with Gasteiger partial charge in [-0.05, 0) is 36.8 Å². The molecule has 3 N–H and O–H groups in total. The van der Waals surface area contributed by atoms with Crippen LogP contribution in [0.2, 0.25) is 0 Å². The van der Waals surface area contributed by atoms with Gasteiger partial charge >= 0.3 is 5.97 Å². The van der Waals surface area contributed by atoms with Crippen LogP contribution >= 0.6 is 0 Å². The Labute approximate surface area is 132 Å². The largest absolute Gasteiger partial charge is 0.493 e. The first-order valence-electron chi connectivity index (χ1n) is 7.66. The van der Waals surface area contributed by atoms with Gasteiger partial charge in [0.1, 0.15) is 0 Å². The summed E-state index contributed by atoms with van der Waals surface area (Å²) in [7, 11) is 3.27. The van der Waals surface area contributed by atoms with E-state index in [-0.39, 0.29) is 6.54 Å². The molecule has 5 nitrogen and oxygen atoms in total. The van der Waals surface area contributed by atoms with Gasteiger partial charge in [0.05, 0.1) is 20.1 Å². The highest BCUT2D eigenvalue weighted by atomic mass is 16.5. The molecule has 1 aromatic carbocycles. The van der Waals surface area contributed by atoms with Gasteiger partial charge in [-0.25, -0.2) is 0 Å². The van der Waals surface area contributed by atoms with Crippen LogP contribution < -0.4 is 15.2 Å². The number of hydrogen-bond acceptors (Lipinski definition) is 4. The van der Waals surface area contributed by atoms with Gasteiger partial charge in [0.2, 0.25) is 0 Å². The summed E-state index contributed by atoms with van der Waals surface area (Å²) in [5.74, 6) is 0.608. The summed E-state index contributed by atoms with van der Waals surface area (Å²) < 4.78 is 10.7. The van der Waals surface area contributed by atoms with Crippen molar-refractivity contribution >= 4 is 5.97 Å². The number of benzene rings is 1. The zero-order valence-electron chi connectivity index (χ0n) is 13.7. The van der Waals surface area contributed by atoms with Gasteiger partial charge < -0.3 is 20.3 Å². The zero-order valence-corrected chi connectivity index (χ0v) is 13.7. The molecule has 0 aromatic heterocycles. The van der Waals surface area contributed by atoms with Crippen molar-refractivity contribution in [2.75, 3.05) is 20.8 Å². The monoisotopic (exact) mass is 309 g/mol. The van der Waals surface area contributed by atoms with Crippen LogP contribution in [0.25, 0.3) is 0 Å². The fraction of sp³-hybridized carbons (Fsp3) is 0.588. The summed E-state index contributed by atoms with van der Waals surface area (Å²) in [6, 6.07) is 5.87. The highest BCUT2D eigenvalue weighted by Crippen LogP contribution is 2.32. The van der Waals surface area contributed by atoms with Gasteiger partial charge in [0.25, 0.3) is 0 Å². The van der Waals surface area contributed by atoms with Crippen molar-refractivity contribution in [3.63, 3.8) is 0 Å². The lowest BCUT2D eigenvalue weighted by molar-refractivity contribution is -0.141. The lowest BCUT2D eigenvalue weighted by atomic mass is 9.91. The van der Waals surface area contributed by atoms with Crippen molar-refractivity contribution in [3.8, 4) is 11.5 Å². The number of nitrogens with two attached hydrogens (primary N) is 1. The van der Waals surface area contributed by atoms with Crippen LogP contribution in [-0.2, 0) is 11.2 Å². The van der Waals surface area contributed by atoms with Crippen molar-refractivity contribution < 1.29 is 19.4 Å². The number of ether oxygens (including phenoxy) is 2. The van der Waals surface area contributed by atoms with Gasteiger partial charge in [0.15, 0.2) is 11.5 Å². The first-order chi connectivity index (χ1) is 10.5. The zero-order chi connectivity index (χ0) is 16.5. The van der Waals surface area contributed by atoms with E-state index in [0.717, 1.165) is 36.3 Å². The summed E-state index contributed by atoms with van der Waals surface area (Å²) in [4.78, 5) is 11.0. The minimum Gasteiger partial charge on any atom is -0.493 e. The van der Waals surface area contributed by atoms with Crippen LogP contribution in [0.1, 0.15) is 31.7 Å². The van der Waals surface area contributed by atoms with Crippen LogP contribution in [0, 0.1) is 11.8 Å². The lowest BCUT2D eigenvalue weighted by Gasteiger charge is -2.17. The Morgan fingerprint density at radius 2 is 2.05 bits per heavy atom. The van der Waals surface area contributed by atoms with E-state index in [0.29, 0.717) is 12.3 Å². The quantitative estimate of drug-likeness (QED) is 0.694. The molecule has 0 amide bonds. The fourth-order valence-electron chi connectivity index (χ4n) is 2.69. The van der Waals surface area contributed by atoms with Crippen LogP contribution in [0.5, 0.6) is 11.5 Å². The Morgan fingerprint density at radius 1 is 1.32 bits per heavy atom. The molecule has 0 saturated carbocycles. The van der Waals surface area contributed by atoms with Crippen molar-refractivity contribution in [1.29, 1.82) is 0 Å². The normalized spacial score (nSPS) is 13.5. The molecule has 1 aromatic rings.